The molecule has 8 nitrogen and oxygen atoms in total. The number of rotatable bonds is 5. The first-order chi connectivity index (χ1) is 14.7. The first-order valence-electron chi connectivity index (χ1n) is 10.8. The summed E-state index contributed by atoms with van der Waals surface area (Å²) in [6, 6.07) is 6.03. The van der Waals surface area contributed by atoms with Crippen LogP contribution in [0.25, 0.3) is 11.2 Å². The summed E-state index contributed by atoms with van der Waals surface area (Å²) in [4.78, 5) is 33.2. The number of hydrogen-bond donors (Lipinski definition) is 0. The van der Waals surface area contributed by atoms with E-state index in [0.29, 0.717) is 36.1 Å². The predicted molar refractivity (Wildman–Crippen MR) is 123 cm³/mol. The molecular weight excluding hydrogens is 394 g/mol. The minimum atomic E-state index is -0.318. The number of anilines is 2. The third-order valence-corrected chi connectivity index (χ3v) is 6.00. The van der Waals surface area contributed by atoms with Crippen molar-refractivity contribution in [3.05, 3.63) is 44.6 Å². The maximum atomic E-state index is 13.4. The summed E-state index contributed by atoms with van der Waals surface area (Å²) in [7, 11) is 3.34. The zero-order valence-electron chi connectivity index (χ0n) is 19.2. The number of nitrogens with zero attached hydrogens (tertiary/aromatic N) is 5. The van der Waals surface area contributed by atoms with Crippen LogP contribution in [-0.2, 0) is 20.1 Å². The second kappa shape index (κ2) is 7.90. The highest BCUT2D eigenvalue weighted by molar-refractivity contribution is 5.78. The largest absolute Gasteiger partial charge is 0.495 e. The Hall–Kier alpha value is -3.03. The van der Waals surface area contributed by atoms with E-state index >= 15 is 0 Å². The smallest absolute Gasteiger partial charge is 0.332 e. The van der Waals surface area contributed by atoms with Gasteiger partial charge in [0.2, 0.25) is 5.95 Å². The molecule has 4 rings (SSSR count). The molecule has 0 saturated heterocycles. The Labute approximate surface area is 181 Å². The minimum Gasteiger partial charge on any atom is -0.495 e. The van der Waals surface area contributed by atoms with Crippen molar-refractivity contribution in [1.82, 2.24) is 18.7 Å². The lowest BCUT2D eigenvalue weighted by atomic mass is 10.1. The van der Waals surface area contributed by atoms with E-state index in [1.54, 1.807) is 14.2 Å². The number of benzene rings is 1. The summed E-state index contributed by atoms with van der Waals surface area (Å²) >= 11 is 0. The molecule has 0 unspecified atom stereocenters. The summed E-state index contributed by atoms with van der Waals surface area (Å²) in [5.41, 5.74) is 2.36. The third kappa shape index (κ3) is 3.54. The summed E-state index contributed by atoms with van der Waals surface area (Å²) in [6.07, 6.45) is 0.769. The minimum absolute atomic E-state index is 0.261. The van der Waals surface area contributed by atoms with Crippen LogP contribution in [0.4, 0.5) is 11.6 Å². The molecule has 0 saturated carbocycles. The molecule has 0 amide bonds. The van der Waals surface area contributed by atoms with E-state index in [1.165, 1.54) is 9.13 Å². The van der Waals surface area contributed by atoms with Gasteiger partial charge < -0.3 is 14.2 Å². The van der Waals surface area contributed by atoms with Gasteiger partial charge in [0.15, 0.2) is 11.2 Å². The van der Waals surface area contributed by atoms with E-state index < -0.39 is 0 Å². The van der Waals surface area contributed by atoms with Crippen LogP contribution in [0.15, 0.2) is 27.8 Å². The van der Waals surface area contributed by atoms with E-state index in [1.807, 2.05) is 23.6 Å². The average Bonchev–Trinajstić information content (AvgIpc) is 3.11. The van der Waals surface area contributed by atoms with Gasteiger partial charge >= 0.3 is 5.69 Å². The van der Waals surface area contributed by atoms with Crippen molar-refractivity contribution in [1.29, 1.82) is 0 Å². The predicted octanol–water partition coefficient (Wildman–Crippen LogP) is 3.05. The molecule has 1 aromatic carbocycles. The first kappa shape index (κ1) is 21.2. The van der Waals surface area contributed by atoms with Crippen molar-refractivity contribution < 1.29 is 4.74 Å². The molecule has 3 aromatic rings. The Morgan fingerprint density at radius 3 is 2.65 bits per heavy atom. The summed E-state index contributed by atoms with van der Waals surface area (Å²) in [5.74, 6) is 2.11. The second-order valence-electron chi connectivity index (χ2n) is 9.07. The zero-order chi connectivity index (χ0) is 22.4. The Balaban J connectivity index is 1.97. The second-order valence-corrected chi connectivity index (χ2v) is 9.07. The van der Waals surface area contributed by atoms with E-state index in [9.17, 15) is 9.59 Å². The summed E-state index contributed by atoms with van der Waals surface area (Å²) < 4.78 is 10.4. The average molecular weight is 426 g/mol. The van der Waals surface area contributed by atoms with E-state index in [-0.39, 0.29) is 17.2 Å². The van der Waals surface area contributed by atoms with Crippen molar-refractivity contribution in [2.45, 2.75) is 47.2 Å². The van der Waals surface area contributed by atoms with Gasteiger partial charge in [-0.3, -0.25) is 13.9 Å². The quantitative estimate of drug-likeness (QED) is 0.628. The number of ether oxygens (including phenoxy) is 1. The molecule has 1 aliphatic heterocycles. The van der Waals surface area contributed by atoms with Gasteiger partial charge in [0.05, 0.1) is 12.8 Å². The van der Waals surface area contributed by atoms with Gasteiger partial charge in [-0.25, -0.2) is 4.79 Å². The topological polar surface area (TPSA) is 74.3 Å². The highest BCUT2D eigenvalue weighted by Gasteiger charge is 2.31. The number of fused-ring (bicyclic) bond motifs is 3. The molecule has 0 radical (unpaired) electrons. The number of aromatic nitrogens is 4. The van der Waals surface area contributed by atoms with Crippen molar-refractivity contribution in [2.75, 3.05) is 18.6 Å². The summed E-state index contributed by atoms with van der Waals surface area (Å²) in [6.45, 7) is 10.2. The number of hydrogen-bond acceptors (Lipinski definition) is 5. The van der Waals surface area contributed by atoms with Crippen LogP contribution in [0.5, 0.6) is 5.75 Å². The van der Waals surface area contributed by atoms with Gasteiger partial charge in [-0.1, -0.05) is 26.8 Å². The summed E-state index contributed by atoms with van der Waals surface area (Å²) in [5, 5.41) is 0. The highest BCUT2D eigenvalue weighted by atomic mass is 16.5. The fourth-order valence-electron chi connectivity index (χ4n) is 4.30. The molecule has 0 aliphatic carbocycles. The lowest BCUT2D eigenvalue weighted by Gasteiger charge is -2.33. The van der Waals surface area contributed by atoms with Crippen LogP contribution < -0.4 is 20.9 Å². The van der Waals surface area contributed by atoms with Crippen LogP contribution in [0.1, 0.15) is 32.8 Å². The van der Waals surface area contributed by atoms with Crippen LogP contribution in [0, 0.1) is 18.8 Å². The van der Waals surface area contributed by atoms with Gasteiger partial charge in [0, 0.05) is 26.7 Å². The van der Waals surface area contributed by atoms with Crippen LogP contribution in [0.3, 0.4) is 0 Å². The van der Waals surface area contributed by atoms with E-state index in [0.717, 1.165) is 30.0 Å². The molecule has 8 heteroatoms. The molecule has 2 aromatic heterocycles. The molecule has 1 aliphatic rings. The lowest BCUT2D eigenvalue weighted by molar-refractivity contribution is 0.409. The van der Waals surface area contributed by atoms with E-state index in [2.05, 4.69) is 31.7 Å². The molecule has 0 spiro atoms. The maximum absolute atomic E-state index is 13.4. The van der Waals surface area contributed by atoms with Crippen molar-refractivity contribution in [3.8, 4) is 5.75 Å². The molecule has 1 atom stereocenters. The Bertz CT molecular complexity index is 1250. The first-order valence-corrected chi connectivity index (χ1v) is 10.8. The van der Waals surface area contributed by atoms with Gasteiger partial charge in [-0.15, -0.1) is 0 Å². The molecule has 31 heavy (non-hydrogen) atoms. The molecule has 0 N–H and O–H groups in total. The molecule has 0 fully saturated rings. The monoisotopic (exact) mass is 425 g/mol. The SMILES string of the molecule is COc1ccc(C)cc1N1C[C@H](C)Cn2c1nc1c2c(=O)n(CCC(C)C)c(=O)n1C. The maximum Gasteiger partial charge on any atom is 0.332 e. The van der Waals surface area contributed by atoms with Crippen LogP contribution in [0.2, 0.25) is 0 Å². The van der Waals surface area contributed by atoms with Gasteiger partial charge in [-0.05, 0) is 42.9 Å². The molecule has 3 heterocycles. The fraction of sp³-hybridized carbons (Fsp3) is 0.522. The van der Waals surface area contributed by atoms with Gasteiger partial charge in [0.25, 0.3) is 5.56 Å². The fourth-order valence-corrected chi connectivity index (χ4v) is 4.30. The van der Waals surface area contributed by atoms with Crippen LogP contribution in [-0.4, -0.2) is 32.3 Å². The van der Waals surface area contributed by atoms with Gasteiger partial charge in [-0.2, -0.15) is 4.98 Å². The van der Waals surface area contributed by atoms with Crippen molar-refractivity contribution >= 4 is 22.8 Å². The number of methoxy groups -OCH3 is 1. The third-order valence-electron chi connectivity index (χ3n) is 6.00. The normalized spacial score (nSPS) is 16.2. The Morgan fingerprint density at radius 1 is 1.23 bits per heavy atom. The van der Waals surface area contributed by atoms with E-state index in [4.69, 9.17) is 9.72 Å². The molecule has 0 bridgehead atoms. The Morgan fingerprint density at radius 2 is 1.97 bits per heavy atom. The lowest BCUT2D eigenvalue weighted by Crippen LogP contribution is -2.40. The highest BCUT2D eigenvalue weighted by Crippen LogP contribution is 2.38. The van der Waals surface area contributed by atoms with Crippen molar-refractivity contribution in [2.24, 2.45) is 18.9 Å². The van der Waals surface area contributed by atoms with Crippen LogP contribution >= 0.6 is 0 Å². The molecular formula is C23H31N5O3. The number of aryl methyl sites for hydroxylation is 2. The Kier molecular flexibility index (Phi) is 5.41. The molecule has 166 valence electrons. The number of imidazole rings is 1. The van der Waals surface area contributed by atoms with Gasteiger partial charge in [0.1, 0.15) is 5.75 Å². The van der Waals surface area contributed by atoms with Crippen molar-refractivity contribution in [3.63, 3.8) is 0 Å². The zero-order valence-corrected chi connectivity index (χ0v) is 19.2. The standard InChI is InChI=1S/C23H31N5O3/c1-14(2)9-10-26-21(29)19-20(25(5)23(26)30)24-22-27(12-16(4)13-28(19)22)17-11-15(3)7-8-18(17)31-6/h7-8,11,14,16H,9-10,12-13H2,1-6H3/t16-/m0/s1.